The summed E-state index contributed by atoms with van der Waals surface area (Å²) in [7, 11) is 0. The topological polar surface area (TPSA) is 54.9 Å². The minimum atomic E-state index is -0.519. The second-order valence-corrected chi connectivity index (χ2v) is 4.79. The lowest BCUT2D eigenvalue weighted by atomic mass is 10.1. The van der Waals surface area contributed by atoms with E-state index in [0.29, 0.717) is 10.9 Å². The number of hydrogen-bond acceptors (Lipinski definition) is 2. The van der Waals surface area contributed by atoms with Gasteiger partial charge in [-0.2, -0.15) is 0 Å². The molecule has 0 aliphatic heterocycles. The van der Waals surface area contributed by atoms with Crippen LogP contribution in [0.1, 0.15) is 20.8 Å². The first kappa shape index (κ1) is 10.7. The smallest absolute Gasteiger partial charge is 0.307 e. The lowest BCUT2D eigenvalue weighted by molar-refractivity contribution is 0.369. The summed E-state index contributed by atoms with van der Waals surface area (Å²) < 4.78 is 1.25. The van der Waals surface area contributed by atoms with Crippen LogP contribution >= 0.6 is 0 Å². The van der Waals surface area contributed by atoms with Crippen molar-refractivity contribution in [1.82, 2.24) is 9.55 Å². The first-order valence-electron chi connectivity index (χ1n) is 5.16. The predicted molar refractivity (Wildman–Crippen MR) is 63.8 cm³/mol. The molecular weight excluding hydrogens is 204 g/mol. The van der Waals surface area contributed by atoms with E-state index in [4.69, 9.17) is 0 Å². The van der Waals surface area contributed by atoms with Gasteiger partial charge in [0.2, 0.25) is 0 Å². The molecule has 0 aliphatic carbocycles. The lowest BCUT2D eigenvalue weighted by Gasteiger charge is -2.20. The van der Waals surface area contributed by atoms with E-state index in [2.05, 4.69) is 4.98 Å². The molecule has 1 aromatic carbocycles. The van der Waals surface area contributed by atoms with Gasteiger partial charge in [-0.25, -0.2) is 4.79 Å². The maximum atomic E-state index is 12.1. The molecular formula is C12H14N2O2. The molecule has 0 saturated heterocycles. The fourth-order valence-electron chi connectivity index (χ4n) is 1.77. The summed E-state index contributed by atoms with van der Waals surface area (Å²) in [5, 5.41) is 0.539. The molecule has 4 heteroatoms. The molecule has 2 rings (SSSR count). The summed E-state index contributed by atoms with van der Waals surface area (Å²) in [6.07, 6.45) is 0. The highest BCUT2D eigenvalue weighted by Gasteiger charge is 2.19. The van der Waals surface area contributed by atoms with Gasteiger partial charge < -0.3 is 4.98 Å². The minimum absolute atomic E-state index is 0.244. The largest absolute Gasteiger partial charge is 0.329 e. The summed E-state index contributed by atoms with van der Waals surface area (Å²) in [5.74, 6) is 0. The Hall–Kier alpha value is -1.84. The Bertz CT molecular complexity index is 644. The fourth-order valence-corrected chi connectivity index (χ4v) is 1.77. The Morgan fingerprint density at radius 1 is 1.12 bits per heavy atom. The highest BCUT2D eigenvalue weighted by Crippen LogP contribution is 2.10. The maximum Gasteiger partial charge on any atom is 0.329 e. The third kappa shape index (κ3) is 1.56. The van der Waals surface area contributed by atoms with Crippen molar-refractivity contribution >= 4 is 10.9 Å². The van der Waals surface area contributed by atoms with Crippen LogP contribution in [0.25, 0.3) is 10.9 Å². The number of benzene rings is 1. The number of para-hydroxylation sites is 1. The molecule has 0 bridgehead atoms. The minimum Gasteiger partial charge on any atom is -0.307 e. The summed E-state index contributed by atoms with van der Waals surface area (Å²) in [5.41, 5.74) is -0.546. The van der Waals surface area contributed by atoms with E-state index in [1.54, 1.807) is 24.3 Å². The second-order valence-electron chi connectivity index (χ2n) is 4.79. The number of rotatable bonds is 0. The van der Waals surface area contributed by atoms with E-state index in [1.807, 2.05) is 20.8 Å². The first-order chi connectivity index (χ1) is 7.41. The monoisotopic (exact) mass is 218 g/mol. The van der Waals surface area contributed by atoms with Crippen LogP contribution in [0.5, 0.6) is 0 Å². The van der Waals surface area contributed by atoms with E-state index in [9.17, 15) is 9.59 Å². The average molecular weight is 218 g/mol. The van der Waals surface area contributed by atoms with Crippen LogP contribution in [0.15, 0.2) is 33.9 Å². The zero-order chi connectivity index (χ0) is 11.9. The van der Waals surface area contributed by atoms with Crippen LogP contribution in [0.4, 0.5) is 0 Å². The number of H-pyrrole nitrogens is 1. The van der Waals surface area contributed by atoms with Crippen molar-refractivity contribution < 1.29 is 0 Å². The van der Waals surface area contributed by atoms with Crippen molar-refractivity contribution in [3.8, 4) is 0 Å². The van der Waals surface area contributed by atoms with Crippen molar-refractivity contribution in [2.24, 2.45) is 0 Å². The van der Waals surface area contributed by atoms with Crippen LogP contribution in [0, 0.1) is 0 Å². The predicted octanol–water partition coefficient (Wildman–Crippen LogP) is 1.44. The molecule has 0 spiro atoms. The third-order valence-corrected chi connectivity index (χ3v) is 2.48. The number of nitrogens with one attached hydrogen (secondary N) is 1. The standard InChI is InChI=1S/C12H14N2O2/c1-12(2,3)14-10(15)8-6-4-5-7-9(8)13-11(14)16/h4-7H,1-3H3,(H,13,16). The van der Waals surface area contributed by atoms with Crippen LogP contribution < -0.4 is 11.2 Å². The van der Waals surface area contributed by atoms with Gasteiger partial charge in [0.25, 0.3) is 5.56 Å². The number of aromatic amines is 1. The molecule has 1 aromatic heterocycles. The number of fused-ring (bicyclic) bond motifs is 1. The molecule has 4 nitrogen and oxygen atoms in total. The van der Waals surface area contributed by atoms with E-state index < -0.39 is 5.54 Å². The Morgan fingerprint density at radius 2 is 1.75 bits per heavy atom. The van der Waals surface area contributed by atoms with Gasteiger partial charge in [0.15, 0.2) is 0 Å². The third-order valence-electron chi connectivity index (χ3n) is 2.48. The SMILES string of the molecule is CC(C)(C)n1c(=O)[nH]c2ccccc2c1=O. The Morgan fingerprint density at radius 3 is 2.38 bits per heavy atom. The van der Waals surface area contributed by atoms with E-state index in [0.717, 1.165) is 0 Å². The van der Waals surface area contributed by atoms with E-state index in [-0.39, 0.29) is 11.2 Å². The van der Waals surface area contributed by atoms with Crippen molar-refractivity contribution in [3.63, 3.8) is 0 Å². The van der Waals surface area contributed by atoms with Gasteiger partial charge in [-0.15, -0.1) is 0 Å². The van der Waals surface area contributed by atoms with Gasteiger partial charge in [-0.05, 0) is 32.9 Å². The first-order valence-corrected chi connectivity index (χ1v) is 5.16. The molecule has 0 fully saturated rings. The maximum absolute atomic E-state index is 12.1. The van der Waals surface area contributed by atoms with Gasteiger partial charge in [0.1, 0.15) is 0 Å². The van der Waals surface area contributed by atoms with Crippen molar-refractivity contribution in [1.29, 1.82) is 0 Å². The molecule has 0 saturated carbocycles. The molecule has 0 radical (unpaired) electrons. The molecule has 1 heterocycles. The Kier molecular flexibility index (Phi) is 2.22. The number of hydrogen-bond donors (Lipinski definition) is 1. The Balaban J connectivity index is 2.99. The summed E-state index contributed by atoms with van der Waals surface area (Å²) in [6, 6.07) is 7.02. The zero-order valence-corrected chi connectivity index (χ0v) is 9.57. The van der Waals surface area contributed by atoms with Gasteiger partial charge in [0, 0.05) is 5.54 Å². The quantitative estimate of drug-likeness (QED) is 0.727. The lowest BCUT2D eigenvalue weighted by Crippen LogP contribution is -2.44. The molecule has 0 amide bonds. The highest BCUT2D eigenvalue weighted by molar-refractivity contribution is 5.76. The number of nitrogens with zero attached hydrogens (tertiary/aromatic N) is 1. The molecule has 1 N–H and O–H groups in total. The van der Waals surface area contributed by atoms with Crippen molar-refractivity contribution in [2.45, 2.75) is 26.3 Å². The van der Waals surface area contributed by atoms with Gasteiger partial charge in [0.05, 0.1) is 10.9 Å². The fraction of sp³-hybridized carbons (Fsp3) is 0.333. The molecule has 0 atom stereocenters. The van der Waals surface area contributed by atoms with Crippen LogP contribution in [0.3, 0.4) is 0 Å². The van der Waals surface area contributed by atoms with E-state index in [1.165, 1.54) is 4.57 Å². The second kappa shape index (κ2) is 3.33. The van der Waals surface area contributed by atoms with E-state index >= 15 is 0 Å². The molecule has 0 unspecified atom stereocenters. The molecule has 2 aromatic rings. The normalized spacial score (nSPS) is 11.9. The Labute approximate surface area is 92.5 Å². The van der Waals surface area contributed by atoms with Crippen molar-refractivity contribution in [2.75, 3.05) is 0 Å². The number of aromatic nitrogens is 2. The molecule has 16 heavy (non-hydrogen) atoms. The highest BCUT2D eigenvalue weighted by atomic mass is 16.2. The molecule has 84 valence electrons. The average Bonchev–Trinajstić information content (AvgIpc) is 2.15. The van der Waals surface area contributed by atoms with Gasteiger partial charge >= 0.3 is 5.69 Å². The zero-order valence-electron chi connectivity index (χ0n) is 9.57. The van der Waals surface area contributed by atoms with Gasteiger partial charge in [-0.3, -0.25) is 9.36 Å². The van der Waals surface area contributed by atoms with Crippen molar-refractivity contribution in [3.05, 3.63) is 45.1 Å². The van der Waals surface area contributed by atoms with Crippen LogP contribution in [-0.2, 0) is 5.54 Å². The summed E-state index contributed by atoms with van der Waals surface area (Å²) in [4.78, 5) is 26.7. The van der Waals surface area contributed by atoms with Crippen LogP contribution in [-0.4, -0.2) is 9.55 Å². The molecule has 0 aliphatic rings. The van der Waals surface area contributed by atoms with Gasteiger partial charge in [-0.1, -0.05) is 12.1 Å². The van der Waals surface area contributed by atoms with Crippen LogP contribution in [0.2, 0.25) is 0 Å². The summed E-state index contributed by atoms with van der Waals surface area (Å²) >= 11 is 0. The summed E-state index contributed by atoms with van der Waals surface area (Å²) in [6.45, 7) is 5.50.